The third-order valence-electron chi connectivity index (χ3n) is 16.4. The fourth-order valence-corrected chi connectivity index (χ4v) is 14.1. The van der Waals surface area contributed by atoms with Crippen molar-refractivity contribution in [3.63, 3.8) is 0 Å². The van der Waals surface area contributed by atoms with Gasteiger partial charge in [0.2, 0.25) is 0 Å². The van der Waals surface area contributed by atoms with Crippen LogP contribution in [0.2, 0.25) is 0 Å². The minimum Gasteiger partial charge on any atom is -0.455 e. The Kier molecular flexibility index (Phi) is 7.97. The fourth-order valence-electron chi connectivity index (χ4n) is 14.1. The first-order valence-corrected chi connectivity index (χ1v) is 23.9. The van der Waals surface area contributed by atoms with E-state index in [4.69, 9.17) is 4.42 Å². The first-order valence-electron chi connectivity index (χ1n) is 23.9. The van der Waals surface area contributed by atoms with Crippen molar-refractivity contribution in [2.45, 2.75) is 49.9 Å². The van der Waals surface area contributed by atoms with Crippen LogP contribution in [0.1, 0.15) is 72.4 Å². The van der Waals surface area contributed by atoms with Crippen LogP contribution in [0.4, 0.5) is 17.1 Å². The maximum atomic E-state index is 6.64. The Morgan fingerprint density at radius 3 is 1.83 bits per heavy atom. The van der Waals surface area contributed by atoms with Crippen molar-refractivity contribution in [1.82, 2.24) is 0 Å². The highest BCUT2D eigenvalue weighted by Gasteiger charge is 2.62. The molecule has 65 heavy (non-hydrogen) atoms. The van der Waals surface area contributed by atoms with Crippen molar-refractivity contribution in [2.24, 2.45) is 17.8 Å². The lowest BCUT2D eigenvalue weighted by Crippen LogP contribution is -2.55. The maximum Gasteiger partial charge on any atom is 0.143 e. The monoisotopic (exact) mass is 835 g/mol. The van der Waals surface area contributed by atoms with Gasteiger partial charge < -0.3 is 9.32 Å². The lowest BCUT2D eigenvalue weighted by molar-refractivity contribution is 0.0495. The van der Waals surface area contributed by atoms with Crippen molar-refractivity contribution in [2.75, 3.05) is 4.90 Å². The number of furan rings is 1. The second-order valence-corrected chi connectivity index (χ2v) is 19.6. The Morgan fingerprint density at radius 2 is 1.03 bits per heavy atom. The number of rotatable bonds is 4. The van der Waals surface area contributed by atoms with E-state index < -0.39 is 5.41 Å². The van der Waals surface area contributed by atoms with Gasteiger partial charge in [0, 0.05) is 38.8 Å². The largest absolute Gasteiger partial charge is 0.455 e. The predicted molar refractivity (Wildman–Crippen MR) is 269 cm³/mol. The molecule has 2 fully saturated rings. The number of fused-ring (bicyclic) bond motifs is 13. The molecule has 0 amide bonds. The molecule has 2 spiro atoms. The van der Waals surface area contributed by atoms with Crippen LogP contribution >= 0.6 is 0 Å². The van der Waals surface area contributed by atoms with Gasteiger partial charge in [0.1, 0.15) is 11.2 Å². The van der Waals surface area contributed by atoms with Gasteiger partial charge in [0.25, 0.3) is 0 Å². The smallest absolute Gasteiger partial charge is 0.143 e. The molecule has 0 saturated heterocycles. The number of benzene rings is 9. The molecule has 0 aliphatic heterocycles. The van der Waals surface area contributed by atoms with Gasteiger partial charge in [-0.25, -0.2) is 0 Å². The Balaban J connectivity index is 1.05. The summed E-state index contributed by atoms with van der Waals surface area (Å²) < 4.78 is 6.64. The highest BCUT2D eigenvalue weighted by atomic mass is 16.3. The summed E-state index contributed by atoms with van der Waals surface area (Å²) >= 11 is 0. The quantitative estimate of drug-likeness (QED) is 0.176. The number of anilines is 3. The first kappa shape index (κ1) is 37.2. The average molecular weight is 836 g/mol. The highest BCUT2D eigenvalue weighted by molar-refractivity contribution is 6.09. The van der Waals surface area contributed by atoms with Gasteiger partial charge in [0.15, 0.2) is 0 Å². The Labute approximate surface area is 380 Å². The van der Waals surface area contributed by atoms with E-state index in [-0.39, 0.29) is 5.41 Å². The molecule has 4 aliphatic carbocycles. The van der Waals surface area contributed by atoms with Crippen LogP contribution in [0.5, 0.6) is 0 Å². The van der Waals surface area contributed by atoms with Crippen molar-refractivity contribution in [1.29, 1.82) is 0 Å². The molecule has 2 unspecified atom stereocenters. The summed E-state index contributed by atoms with van der Waals surface area (Å²) in [5, 5.41) is 4.77. The molecule has 2 heteroatoms. The van der Waals surface area contributed by atoms with Gasteiger partial charge in [-0.1, -0.05) is 171 Å². The van der Waals surface area contributed by atoms with E-state index in [2.05, 4.69) is 212 Å². The molecule has 1 aromatic heterocycles. The minimum atomic E-state index is -0.431. The third kappa shape index (κ3) is 5.06. The van der Waals surface area contributed by atoms with Crippen molar-refractivity contribution < 1.29 is 4.42 Å². The standard InChI is InChI=1S/C63H49NO/c1-40-35-44-18-13-19-45(36-40)62(44)56-28-9-10-29-57(56)63(54-26-7-4-21-50(54)51-22-5-8-27-55(51)63)58-34-33-48(39-59(58)62)64(47-32-31-41-15-2-3-16-42(41)37-47)46-20-12-17-43(38-46)49-24-14-25-53-52-23-6-11-30-60(52)65-61(49)53/h2-12,14-17,20-34,37-40,44-45H,13,18-19,35-36H2,1H3/t40?,44-,45+,62?. The zero-order valence-electron chi connectivity index (χ0n) is 36.7. The third-order valence-corrected chi connectivity index (χ3v) is 16.4. The van der Waals surface area contributed by atoms with Crippen LogP contribution in [-0.4, -0.2) is 0 Å². The SMILES string of the molecule is CC1C[C@H]2CCC[C@@H](C1)C21c2ccccc2C2(c3ccccc3-c3ccccc32)c2ccc(N(c3cccc(-c4cccc5c4oc4ccccc45)c3)c3ccc4ccccc4c3)cc21. The summed E-state index contributed by atoms with van der Waals surface area (Å²) in [6.07, 6.45) is 6.37. The topological polar surface area (TPSA) is 16.4 Å². The summed E-state index contributed by atoms with van der Waals surface area (Å²) in [6, 6.07) is 75.9. The van der Waals surface area contributed by atoms with Crippen LogP contribution in [-0.2, 0) is 10.8 Å². The highest BCUT2D eigenvalue weighted by Crippen LogP contribution is 2.69. The molecule has 10 aromatic rings. The molecule has 312 valence electrons. The number of nitrogens with zero attached hydrogens (tertiary/aromatic N) is 1. The lowest BCUT2D eigenvalue weighted by atomic mass is 9.42. The van der Waals surface area contributed by atoms with Gasteiger partial charge >= 0.3 is 0 Å². The van der Waals surface area contributed by atoms with E-state index in [0.717, 1.165) is 44.4 Å². The molecule has 2 nitrogen and oxygen atoms in total. The van der Waals surface area contributed by atoms with Crippen molar-refractivity contribution in [3.8, 4) is 22.3 Å². The molecule has 4 atom stereocenters. The summed E-state index contributed by atoms with van der Waals surface area (Å²) in [4.78, 5) is 2.54. The molecule has 0 radical (unpaired) electrons. The van der Waals surface area contributed by atoms with Gasteiger partial charge in [-0.05, 0) is 147 Å². The van der Waals surface area contributed by atoms with E-state index in [9.17, 15) is 0 Å². The molecule has 4 aliphatic rings. The summed E-state index contributed by atoms with van der Waals surface area (Å²) in [5.74, 6) is 1.84. The van der Waals surface area contributed by atoms with Crippen LogP contribution < -0.4 is 4.90 Å². The Morgan fingerprint density at radius 1 is 0.446 bits per heavy atom. The molecule has 14 rings (SSSR count). The second kappa shape index (κ2) is 13.9. The van der Waals surface area contributed by atoms with Gasteiger partial charge in [-0.15, -0.1) is 0 Å². The second-order valence-electron chi connectivity index (χ2n) is 19.6. The fraction of sp³-hybridized carbons (Fsp3) is 0.175. The molecule has 9 aromatic carbocycles. The Bertz CT molecular complexity index is 3490. The van der Waals surface area contributed by atoms with Crippen molar-refractivity contribution >= 4 is 49.8 Å². The van der Waals surface area contributed by atoms with Crippen LogP contribution in [0.25, 0.3) is 55.0 Å². The van der Waals surface area contributed by atoms with Crippen molar-refractivity contribution in [3.05, 3.63) is 234 Å². The zero-order valence-corrected chi connectivity index (χ0v) is 36.7. The maximum absolute atomic E-state index is 6.64. The molecule has 2 saturated carbocycles. The van der Waals surface area contributed by atoms with Gasteiger partial charge in [-0.3, -0.25) is 0 Å². The summed E-state index contributed by atoms with van der Waals surface area (Å²) in [5.41, 5.74) is 18.6. The molecule has 0 N–H and O–H groups in total. The molecule has 2 bridgehead atoms. The minimum absolute atomic E-state index is 0.0989. The van der Waals surface area contributed by atoms with E-state index in [1.54, 1.807) is 5.56 Å². The average Bonchev–Trinajstić information content (AvgIpc) is 3.88. The molecular weight excluding hydrogens is 787 g/mol. The number of hydrogen-bond acceptors (Lipinski definition) is 2. The number of para-hydroxylation sites is 2. The predicted octanol–water partition coefficient (Wildman–Crippen LogP) is 16.7. The van der Waals surface area contributed by atoms with E-state index in [0.29, 0.717) is 17.8 Å². The normalized spacial score (nSPS) is 21.0. The molecule has 1 heterocycles. The van der Waals surface area contributed by atoms with Crippen LogP contribution in [0.3, 0.4) is 0 Å². The van der Waals surface area contributed by atoms with Crippen LogP contribution in [0.15, 0.2) is 205 Å². The molecular formula is C63H49NO. The van der Waals surface area contributed by atoms with Gasteiger partial charge in [0.05, 0.1) is 5.41 Å². The van der Waals surface area contributed by atoms with Gasteiger partial charge in [-0.2, -0.15) is 0 Å². The first-order chi connectivity index (χ1) is 32.1. The van der Waals surface area contributed by atoms with E-state index in [1.165, 1.54) is 87.5 Å². The van der Waals surface area contributed by atoms with E-state index in [1.807, 2.05) is 0 Å². The zero-order chi connectivity index (χ0) is 42.9. The van der Waals surface area contributed by atoms with E-state index >= 15 is 0 Å². The Hall–Kier alpha value is -7.16. The van der Waals surface area contributed by atoms with Crippen LogP contribution in [0, 0.1) is 17.8 Å². The summed E-state index contributed by atoms with van der Waals surface area (Å²) in [6.45, 7) is 2.52. The number of hydrogen-bond donors (Lipinski definition) is 0. The summed E-state index contributed by atoms with van der Waals surface area (Å²) in [7, 11) is 0. The lowest BCUT2D eigenvalue weighted by Gasteiger charge is -2.60.